The van der Waals surface area contributed by atoms with Crippen molar-refractivity contribution in [3.8, 4) is 5.75 Å². The lowest BCUT2D eigenvalue weighted by molar-refractivity contribution is -0.113. The molecule has 0 radical (unpaired) electrons. The highest BCUT2D eigenvalue weighted by Crippen LogP contribution is 2.32. The molecule has 2 N–H and O–H groups in total. The lowest BCUT2D eigenvalue weighted by Crippen LogP contribution is -2.14. The molecule has 3 aromatic carbocycles. The van der Waals surface area contributed by atoms with Crippen molar-refractivity contribution in [2.45, 2.75) is 11.3 Å². The molecule has 6 nitrogen and oxygen atoms in total. The average Bonchev–Trinajstić information content (AvgIpc) is 3.22. The summed E-state index contributed by atoms with van der Waals surface area (Å²) >= 11 is 8.72. The molecule has 0 aliphatic rings. The van der Waals surface area contributed by atoms with Crippen LogP contribution < -0.4 is 15.4 Å². The highest BCUT2D eigenvalue weighted by molar-refractivity contribution is 8.01. The van der Waals surface area contributed by atoms with Gasteiger partial charge < -0.3 is 15.4 Å². The fraction of sp³-hybridized carbons (Fsp3) is 0.125. The molecule has 2 amide bonds. The quantitative estimate of drug-likeness (QED) is 0.278. The van der Waals surface area contributed by atoms with Crippen LogP contribution in [0.5, 0.6) is 5.75 Å². The molecule has 0 spiro atoms. The summed E-state index contributed by atoms with van der Waals surface area (Å²) in [6.07, 6.45) is 0. The van der Waals surface area contributed by atoms with Gasteiger partial charge in [-0.2, -0.15) is 0 Å². The number of carbonyl (C=O) groups is 2. The molecule has 0 atom stereocenters. The van der Waals surface area contributed by atoms with E-state index in [4.69, 9.17) is 16.3 Å². The van der Waals surface area contributed by atoms with Gasteiger partial charge in [0.05, 0.1) is 28.3 Å². The number of thiazole rings is 1. The molecule has 0 saturated heterocycles. The van der Waals surface area contributed by atoms with Crippen LogP contribution in [0.1, 0.15) is 17.3 Å². The highest BCUT2D eigenvalue weighted by Gasteiger charge is 2.12. The van der Waals surface area contributed by atoms with Crippen LogP contribution in [-0.2, 0) is 4.79 Å². The van der Waals surface area contributed by atoms with E-state index in [1.807, 2.05) is 49.4 Å². The number of nitrogens with one attached hydrogen (secondary N) is 2. The summed E-state index contributed by atoms with van der Waals surface area (Å²) in [5.74, 6) is 0.517. The van der Waals surface area contributed by atoms with Gasteiger partial charge in [0, 0.05) is 16.3 Å². The van der Waals surface area contributed by atoms with Crippen LogP contribution in [0.4, 0.5) is 11.4 Å². The molecule has 0 aliphatic carbocycles. The number of halogens is 1. The van der Waals surface area contributed by atoms with Crippen molar-refractivity contribution in [1.82, 2.24) is 4.98 Å². The van der Waals surface area contributed by atoms with Gasteiger partial charge in [0.25, 0.3) is 5.91 Å². The Morgan fingerprint density at radius 1 is 1.06 bits per heavy atom. The number of hydrogen-bond acceptors (Lipinski definition) is 6. The van der Waals surface area contributed by atoms with Crippen LogP contribution in [0.3, 0.4) is 0 Å². The largest absolute Gasteiger partial charge is 0.492 e. The molecule has 0 saturated carbocycles. The topological polar surface area (TPSA) is 80.3 Å². The van der Waals surface area contributed by atoms with Gasteiger partial charge in [-0.3, -0.25) is 9.59 Å². The first-order chi connectivity index (χ1) is 16.0. The number of aromatic nitrogens is 1. The van der Waals surface area contributed by atoms with Gasteiger partial charge in [0.2, 0.25) is 5.91 Å². The first-order valence-corrected chi connectivity index (χ1v) is 12.3. The Hall–Kier alpha value is -3.07. The van der Waals surface area contributed by atoms with Crippen molar-refractivity contribution >= 4 is 68.1 Å². The number of rotatable bonds is 8. The smallest absolute Gasteiger partial charge is 0.255 e. The maximum atomic E-state index is 12.4. The molecule has 168 valence electrons. The second-order valence-corrected chi connectivity index (χ2v) is 9.58. The molecule has 0 unspecified atom stereocenters. The minimum Gasteiger partial charge on any atom is -0.492 e. The molecule has 9 heteroatoms. The number of thioether (sulfide) groups is 1. The summed E-state index contributed by atoms with van der Waals surface area (Å²) in [7, 11) is 0. The van der Waals surface area contributed by atoms with E-state index in [2.05, 4.69) is 15.6 Å². The SMILES string of the molecule is CCOc1ccccc1NC(=O)CSc1nc2ccc(NC(=O)c3ccc(Cl)cc3)cc2s1. The summed E-state index contributed by atoms with van der Waals surface area (Å²) in [4.78, 5) is 29.4. The third-order valence-electron chi connectivity index (χ3n) is 4.52. The van der Waals surface area contributed by atoms with E-state index in [1.54, 1.807) is 24.3 Å². The van der Waals surface area contributed by atoms with E-state index in [-0.39, 0.29) is 17.6 Å². The predicted molar refractivity (Wildman–Crippen MR) is 136 cm³/mol. The average molecular weight is 498 g/mol. The van der Waals surface area contributed by atoms with Crippen molar-refractivity contribution in [2.75, 3.05) is 23.0 Å². The van der Waals surface area contributed by atoms with Crippen molar-refractivity contribution < 1.29 is 14.3 Å². The molecule has 1 aromatic heterocycles. The maximum Gasteiger partial charge on any atom is 0.255 e. The van der Waals surface area contributed by atoms with Gasteiger partial charge in [-0.1, -0.05) is 35.5 Å². The number of nitrogens with zero attached hydrogens (tertiary/aromatic N) is 1. The van der Waals surface area contributed by atoms with Crippen LogP contribution in [0.15, 0.2) is 71.1 Å². The van der Waals surface area contributed by atoms with Crippen molar-refractivity contribution in [3.05, 3.63) is 77.3 Å². The third-order valence-corrected chi connectivity index (χ3v) is 6.93. The maximum absolute atomic E-state index is 12.4. The van der Waals surface area contributed by atoms with Crippen molar-refractivity contribution in [3.63, 3.8) is 0 Å². The summed E-state index contributed by atoms with van der Waals surface area (Å²) in [5, 5.41) is 6.35. The first-order valence-electron chi connectivity index (χ1n) is 10.1. The zero-order chi connectivity index (χ0) is 23.2. The Labute approximate surface area is 204 Å². The predicted octanol–water partition coefficient (Wildman–Crippen LogP) is 6.33. The van der Waals surface area contributed by atoms with Gasteiger partial charge in [0.1, 0.15) is 5.75 Å². The second kappa shape index (κ2) is 10.7. The number of para-hydroxylation sites is 2. The lowest BCUT2D eigenvalue weighted by Gasteiger charge is -2.10. The number of hydrogen-bond donors (Lipinski definition) is 2. The summed E-state index contributed by atoms with van der Waals surface area (Å²) < 4.78 is 7.25. The highest BCUT2D eigenvalue weighted by atomic mass is 35.5. The van der Waals surface area contributed by atoms with E-state index < -0.39 is 0 Å². The van der Waals surface area contributed by atoms with Crippen LogP contribution in [0.25, 0.3) is 10.2 Å². The molecule has 0 aliphatic heterocycles. The minimum atomic E-state index is -0.214. The first kappa shape index (κ1) is 23.1. The summed E-state index contributed by atoms with van der Waals surface area (Å²) in [5.41, 5.74) is 2.66. The van der Waals surface area contributed by atoms with Crippen molar-refractivity contribution in [1.29, 1.82) is 0 Å². The monoisotopic (exact) mass is 497 g/mol. The number of carbonyl (C=O) groups excluding carboxylic acids is 2. The Balaban J connectivity index is 1.38. The van der Waals surface area contributed by atoms with E-state index >= 15 is 0 Å². The Morgan fingerprint density at radius 2 is 1.85 bits per heavy atom. The number of amides is 2. The van der Waals surface area contributed by atoms with Gasteiger partial charge in [-0.25, -0.2) is 4.98 Å². The molecule has 0 fully saturated rings. The minimum absolute atomic E-state index is 0.137. The van der Waals surface area contributed by atoms with Crippen LogP contribution in [-0.4, -0.2) is 29.2 Å². The Bertz CT molecular complexity index is 1290. The molecule has 4 aromatic rings. The third kappa shape index (κ3) is 6.04. The molecular formula is C24H20ClN3O3S2. The molecular weight excluding hydrogens is 478 g/mol. The lowest BCUT2D eigenvalue weighted by atomic mass is 10.2. The number of ether oxygens (including phenoxy) is 1. The molecule has 33 heavy (non-hydrogen) atoms. The van der Waals surface area contributed by atoms with Crippen molar-refractivity contribution in [2.24, 2.45) is 0 Å². The Morgan fingerprint density at radius 3 is 2.64 bits per heavy atom. The standard InChI is InChI=1S/C24H20ClN3O3S2/c1-2-31-20-6-4-3-5-18(20)27-22(29)14-32-24-28-19-12-11-17(13-21(19)33-24)26-23(30)15-7-9-16(25)10-8-15/h3-13H,2,14H2,1H3,(H,26,30)(H,27,29). The van der Waals surface area contributed by atoms with Crippen LogP contribution in [0, 0.1) is 0 Å². The number of benzene rings is 3. The van der Waals surface area contributed by atoms with E-state index in [9.17, 15) is 9.59 Å². The molecule has 4 rings (SSSR count). The molecule has 1 heterocycles. The normalized spacial score (nSPS) is 10.7. The van der Waals surface area contributed by atoms with Gasteiger partial charge in [-0.15, -0.1) is 11.3 Å². The van der Waals surface area contributed by atoms with E-state index in [1.165, 1.54) is 23.1 Å². The fourth-order valence-corrected chi connectivity index (χ4v) is 5.05. The van der Waals surface area contributed by atoms with Gasteiger partial charge in [-0.05, 0) is 61.5 Å². The summed E-state index contributed by atoms with van der Waals surface area (Å²) in [6.45, 7) is 2.42. The number of fused-ring (bicyclic) bond motifs is 1. The summed E-state index contributed by atoms with van der Waals surface area (Å²) in [6, 6.07) is 19.6. The van der Waals surface area contributed by atoms with Gasteiger partial charge in [0.15, 0.2) is 4.34 Å². The zero-order valence-electron chi connectivity index (χ0n) is 17.6. The second-order valence-electron chi connectivity index (χ2n) is 6.89. The van der Waals surface area contributed by atoms with Gasteiger partial charge >= 0.3 is 0 Å². The number of anilines is 2. The fourth-order valence-electron chi connectivity index (χ4n) is 3.01. The van der Waals surface area contributed by atoms with E-state index in [0.717, 1.165) is 14.6 Å². The Kier molecular flexibility index (Phi) is 7.49. The molecule has 0 bridgehead atoms. The zero-order valence-corrected chi connectivity index (χ0v) is 20.0. The van der Waals surface area contributed by atoms with Crippen LogP contribution in [0.2, 0.25) is 5.02 Å². The van der Waals surface area contributed by atoms with Crippen LogP contribution >= 0.6 is 34.7 Å². The van der Waals surface area contributed by atoms with E-state index in [0.29, 0.717) is 34.3 Å².